The first-order chi connectivity index (χ1) is 7.54. The zero-order chi connectivity index (χ0) is 12.1. The third-order valence-corrected chi connectivity index (χ3v) is 2.45. The van der Waals surface area contributed by atoms with Crippen molar-refractivity contribution in [3.8, 4) is 6.07 Å². The summed E-state index contributed by atoms with van der Waals surface area (Å²) >= 11 is 3.28. The Morgan fingerprint density at radius 1 is 1.56 bits per heavy atom. The van der Waals surface area contributed by atoms with Gasteiger partial charge in [-0.25, -0.2) is 4.98 Å². The third-order valence-electron chi connectivity index (χ3n) is 2.05. The van der Waals surface area contributed by atoms with Crippen molar-refractivity contribution in [2.24, 2.45) is 0 Å². The highest BCUT2D eigenvalue weighted by Crippen LogP contribution is 2.17. The standard InChI is InChI=1S/C10H14BrN5/c1-7(2)16(5-3-4-12)10-14-8(11)6-9(13)15-10/h6-7H,3,5H2,1-2H3,(H2,13,14,15). The molecule has 2 N–H and O–H groups in total. The van der Waals surface area contributed by atoms with Gasteiger partial charge in [-0.05, 0) is 29.8 Å². The SMILES string of the molecule is CC(C)N(CCC#N)c1nc(N)cc(Br)n1. The summed E-state index contributed by atoms with van der Waals surface area (Å²) in [6, 6.07) is 3.98. The number of halogens is 1. The molecular weight excluding hydrogens is 270 g/mol. The van der Waals surface area contributed by atoms with Crippen molar-refractivity contribution in [1.82, 2.24) is 9.97 Å². The van der Waals surface area contributed by atoms with Crippen molar-refractivity contribution < 1.29 is 0 Å². The van der Waals surface area contributed by atoms with Gasteiger partial charge in [0.25, 0.3) is 0 Å². The van der Waals surface area contributed by atoms with Gasteiger partial charge in [0.2, 0.25) is 5.95 Å². The summed E-state index contributed by atoms with van der Waals surface area (Å²) in [5, 5.41) is 8.60. The number of hydrogen-bond donors (Lipinski definition) is 1. The second kappa shape index (κ2) is 5.66. The zero-order valence-corrected chi connectivity index (χ0v) is 10.9. The maximum atomic E-state index is 8.60. The lowest BCUT2D eigenvalue weighted by Gasteiger charge is -2.25. The number of rotatable bonds is 4. The van der Waals surface area contributed by atoms with Crippen molar-refractivity contribution >= 4 is 27.7 Å². The van der Waals surface area contributed by atoms with Gasteiger partial charge in [-0.2, -0.15) is 10.2 Å². The molecule has 0 aliphatic heterocycles. The lowest BCUT2D eigenvalue weighted by molar-refractivity contribution is 0.665. The van der Waals surface area contributed by atoms with Gasteiger partial charge >= 0.3 is 0 Å². The Labute approximate surface area is 103 Å². The molecule has 16 heavy (non-hydrogen) atoms. The number of nitriles is 1. The number of nitrogens with zero attached hydrogens (tertiary/aromatic N) is 4. The highest BCUT2D eigenvalue weighted by atomic mass is 79.9. The maximum Gasteiger partial charge on any atom is 0.228 e. The number of aromatic nitrogens is 2. The molecule has 6 heteroatoms. The molecule has 0 fully saturated rings. The van der Waals surface area contributed by atoms with E-state index in [-0.39, 0.29) is 6.04 Å². The molecule has 86 valence electrons. The van der Waals surface area contributed by atoms with Gasteiger partial charge in [0.15, 0.2) is 0 Å². The zero-order valence-electron chi connectivity index (χ0n) is 9.31. The molecule has 0 aromatic carbocycles. The summed E-state index contributed by atoms with van der Waals surface area (Å²) < 4.78 is 0.651. The fourth-order valence-corrected chi connectivity index (χ4v) is 1.70. The average molecular weight is 284 g/mol. The average Bonchev–Trinajstić information content (AvgIpc) is 2.16. The monoisotopic (exact) mass is 283 g/mol. The third kappa shape index (κ3) is 3.35. The van der Waals surface area contributed by atoms with Crippen molar-refractivity contribution in [2.75, 3.05) is 17.2 Å². The summed E-state index contributed by atoms with van der Waals surface area (Å²) in [6.07, 6.45) is 0.438. The summed E-state index contributed by atoms with van der Waals surface area (Å²) in [4.78, 5) is 10.4. The fourth-order valence-electron chi connectivity index (χ4n) is 1.31. The largest absolute Gasteiger partial charge is 0.383 e. The van der Waals surface area contributed by atoms with E-state index in [1.807, 2.05) is 18.7 Å². The van der Waals surface area contributed by atoms with Gasteiger partial charge in [0.1, 0.15) is 10.4 Å². The molecule has 0 saturated heterocycles. The second-order valence-corrected chi connectivity index (χ2v) is 4.42. The van der Waals surface area contributed by atoms with Crippen molar-refractivity contribution in [3.05, 3.63) is 10.7 Å². The molecule has 1 aromatic heterocycles. The first-order valence-corrected chi connectivity index (χ1v) is 5.77. The van der Waals surface area contributed by atoms with Gasteiger partial charge in [0, 0.05) is 18.7 Å². The number of nitrogens with two attached hydrogens (primary N) is 1. The molecule has 1 aromatic rings. The molecule has 5 nitrogen and oxygen atoms in total. The van der Waals surface area contributed by atoms with Gasteiger partial charge in [-0.3, -0.25) is 0 Å². The van der Waals surface area contributed by atoms with E-state index < -0.39 is 0 Å². The van der Waals surface area contributed by atoms with Crippen LogP contribution in [0.25, 0.3) is 0 Å². The van der Waals surface area contributed by atoms with Crippen LogP contribution in [0, 0.1) is 11.3 Å². The van der Waals surface area contributed by atoms with Crippen molar-refractivity contribution in [1.29, 1.82) is 5.26 Å². The Kier molecular flexibility index (Phi) is 4.50. The molecule has 1 heterocycles. The van der Waals surface area contributed by atoms with Crippen LogP contribution in [-0.4, -0.2) is 22.6 Å². The second-order valence-electron chi connectivity index (χ2n) is 3.61. The van der Waals surface area contributed by atoms with Crippen LogP contribution in [0.1, 0.15) is 20.3 Å². The van der Waals surface area contributed by atoms with Crippen molar-refractivity contribution in [2.45, 2.75) is 26.3 Å². The molecule has 0 radical (unpaired) electrons. The van der Waals surface area contributed by atoms with E-state index in [0.717, 1.165) is 0 Å². The van der Waals surface area contributed by atoms with E-state index in [9.17, 15) is 0 Å². The lowest BCUT2D eigenvalue weighted by Crippen LogP contribution is -2.33. The van der Waals surface area contributed by atoms with Crippen LogP contribution in [0.4, 0.5) is 11.8 Å². The minimum Gasteiger partial charge on any atom is -0.383 e. The minimum absolute atomic E-state index is 0.224. The Balaban J connectivity index is 2.96. The van der Waals surface area contributed by atoms with Crippen LogP contribution < -0.4 is 10.6 Å². The summed E-state index contributed by atoms with van der Waals surface area (Å²) in [5.41, 5.74) is 5.65. The van der Waals surface area contributed by atoms with Crippen LogP contribution in [0.5, 0.6) is 0 Å². The Morgan fingerprint density at radius 2 is 2.25 bits per heavy atom. The lowest BCUT2D eigenvalue weighted by atomic mass is 10.3. The number of anilines is 2. The van der Waals surface area contributed by atoms with Gasteiger partial charge in [-0.1, -0.05) is 0 Å². The Hall–Kier alpha value is -1.35. The van der Waals surface area contributed by atoms with Crippen molar-refractivity contribution in [3.63, 3.8) is 0 Å². The van der Waals surface area contributed by atoms with E-state index >= 15 is 0 Å². The predicted molar refractivity (Wildman–Crippen MR) is 66.9 cm³/mol. The molecular formula is C10H14BrN5. The van der Waals surface area contributed by atoms with E-state index in [1.54, 1.807) is 6.07 Å². The molecule has 0 saturated carbocycles. The predicted octanol–water partition coefficient (Wildman–Crippen LogP) is 1.95. The smallest absolute Gasteiger partial charge is 0.228 e. The number of nitrogen functional groups attached to an aromatic ring is 1. The van der Waals surface area contributed by atoms with Gasteiger partial charge < -0.3 is 10.6 Å². The Bertz CT molecular complexity index is 378. The molecule has 0 atom stereocenters. The van der Waals surface area contributed by atoms with Crippen LogP contribution >= 0.6 is 15.9 Å². The van der Waals surface area contributed by atoms with E-state index in [2.05, 4.69) is 32.0 Å². The molecule has 0 aliphatic carbocycles. The van der Waals surface area contributed by atoms with Gasteiger partial charge in [0.05, 0.1) is 12.5 Å². The molecule has 0 bridgehead atoms. The maximum absolute atomic E-state index is 8.60. The summed E-state index contributed by atoms with van der Waals surface area (Å²) in [6.45, 7) is 4.65. The first kappa shape index (κ1) is 12.7. The van der Waals surface area contributed by atoms with Crippen LogP contribution in [0.15, 0.2) is 10.7 Å². The normalized spacial score (nSPS) is 10.2. The highest BCUT2D eigenvalue weighted by Gasteiger charge is 2.14. The molecule has 0 spiro atoms. The van der Waals surface area contributed by atoms with Gasteiger partial charge in [-0.15, -0.1) is 0 Å². The first-order valence-electron chi connectivity index (χ1n) is 4.98. The summed E-state index contributed by atoms with van der Waals surface area (Å²) in [7, 11) is 0. The highest BCUT2D eigenvalue weighted by molar-refractivity contribution is 9.10. The number of hydrogen-bond acceptors (Lipinski definition) is 5. The molecule has 0 unspecified atom stereocenters. The van der Waals surface area contributed by atoms with Crippen LogP contribution in [0.3, 0.4) is 0 Å². The summed E-state index contributed by atoms with van der Waals surface area (Å²) in [5.74, 6) is 0.969. The quantitative estimate of drug-likeness (QED) is 0.855. The Morgan fingerprint density at radius 3 is 2.75 bits per heavy atom. The molecule has 1 rings (SSSR count). The fraction of sp³-hybridized carbons (Fsp3) is 0.500. The van der Waals surface area contributed by atoms with E-state index in [1.165, 1.54) is 0 Å². The van der Waals surface area contributed by atoms with E-state index in [4.69, 9.17) is 11.0 Å². The topological polar surface area (TPSA) is 78.8 Å². The molecule has 0 aliphatic rings. The minimum atomic E-state index is 0.224. The van der Waals surface area contributed by atoms with E-state index in [0.29, 0.717) is 29.3 Å². The van der Waals surface area contributed by atoms with Crippen LogP contribution in [-0.2, 0) is 0 Å². The van der Waals surface area contributed by atoms with Crippen LogP contribution in [0.2, 0.25) is 0 Å². The molecule has 0 amide bonds.